The van der Waals surface area contributed by atoms with Crippen LogP contribution in [0, 0.1) is 5.92 Å². The predicted molar refractivity (Wildman–Crippen MR) is 79.1 cm³/mol. The summed E-state index contributed by atoms with van der Waals surface area (Å²) in [7, 11) is 2.08. The van der Waals surface area contributed by atoms with Crippen LogP contribution in [-0.4, -0.2) is 18.5 Å². The number of furan rings is 2. The molecule has 0 radical (unpaired) electrons. The molecule has 2 heterocycles. The third-order valence-corrected chi connectivity index (χ3v) is 3.15. The first-order valence-corrected chi connectivity index (χ1v) is 7.10. The van der Waals surface area contributed by atoms with Gasteiger partial charge in [-0.15, -0.1) is 0 Å². The second-order valence-corrected chi connectivity index (χ2v) is 5.70. The third-order valence-electron chi connectivity index (χ3n) is 3.15. The van der Waals surface area contributed by atoms with Crippen LogP contribution in [0.4, 0.5) is 0 Å². The second kappa shape index (κ2) is 7.31. The topological polar surface area (TPSA) is 41.6 Å². The minimum Gasteiger partial charge on any atom is -0.472 e. The number of hydrogen-bond acceptors (Lipinski definition) is 4. The molecule has 0 aliphatic carbocycles. The molecule has 0 aliphatic heterocycles. The molecular formula is C16H24N2O2. The zero-order chi connectivity index (χ0) is 14.4. The summed E-state index contributed by atoms with van der Waals surface area (Å²) < 4.78 is 10.7. The van der Waals surface area contributed by atoms with Crippen molar-refractivity contribution >= 4 is 0 Å². The molecule has 2 aromatic rings. The fraction of sp³-hybridized carbons (Fsp3) is 0.500. The quantitative estimate of drug-likeness (QED) is 0.803. The molecule has 2 rings (SSSR count). The number of nitrogens with zero attached hydrogens (tertiary/aromatic N) is 1. The minimum absolute atomic E-state index is 0.661. The zero-order valence-electron chi connectivity index (χ0n) is 12.6. The molecule has 0 unspecified atom stereocenters. The lowest BCUT2D eigenvalue weighted by molar-refractivity contribution is 0.285. The maximum absolute atomic E-state index is 5.61. The van der Waals surface area contributed by atoms with Crippen molar-refractivity contribution in [3.8, 4) is 0 Å². The van der Waals surface area contributed by atoms with Gasteiger partial charge in [-0.3, -0.25) is 4.90 Å². The van der Waals surface area contributed by atoms with Gasteiger partial charge in [-0.25, -0.2) is 0 Å². The lowest BCUT2D eigenvalue weighted by atomic mass is 10.2. The lowest BCUT2D eigenvalue weighted by Gasteiger charge is -2.15. The highest BCUT2D eigenvalue weighted by Crippen LogP contribution is 2.14. The van der Waals surface area contributed by atoms with Gasteiger partial charge in [0.25, 0.3) is 0 Å². The molecule has 0 aromatic carbocycles. The third kappa shape index (κ3) is 4.54. The predicted octanol–water partition coefficient (Wildman–Crippen LogP) is 3.25. The van der Waals surface area contributed by atoms with Crippen LogP contribution in [0.3, 0.4) is 0 Å². The second-order valence-electron chi connectivity index (χ2n) is 5.70. The van der Waals surface area contributed by atoms with Crippen molar-refractivity contribution in [2.75, 3.05) is 13.6 Å². The molecular weight excluding hydrogens is 252 g/mol. The maximum atomic E-state index is 5.61. The smallest absolute Gasteiger partial charge is 0.122 e. The van der Waals surface area contributed by atoms with E-state index in [9.17, 15) is 0 Å². The molecule has 1 N–H and O–H groups in total. The van der Waals surface area contributed by atoms with Gasteiger partial charge in [0.05, 0.1) is 25.3 Å². The van der Waals surface area contributed by atoms with E-state index < -0.39 is 0 Å². The summed E-state index contributed by atoms with van der Waals surface area (Å²) in [5.74, 6) is 1.70. The molecule has 0 saturated carbocycles. The van der Waals surface area contributed by atoms with Crippen molar-refractivity contribution in [1.82, 2.24) is 10.2 Å². The van der Waals surface area contributed by atoms with Gasteiger partial charge in [0.1, 0.15) is 5.76 Å². The van der Waals surface area contributed by atoms with Crippen molar-refractivity contribution in [1.29, 1.82) is 0 Å². The van der Waals surface area contributed by atoms with Crippen LogP contribution in [-0.2, 0) is 19.6 Å². The zero-order valence-corrected chi connectivity index (χ0v) is 12.6. The summed E-state index contributed by atoms with van der Waals surface area (Å²) in [5.41, 5.74) is 2.42. The fourth-order valence-electron chi connectivity index (χ4n) is 2.15. The van der Waals surface area contributed by atoms with Crippen molar-refractivity contribution in [2.24, 2.45) is 5.92 Å². The molecule has 0 aliphatic rings. The minimum atomic E-state index is 0.661. The van der Waals surface area contributed by atoms with E-state index in [-0.39, 0.29) is 0 Å². The fourth-order valence-corrected chi connectivity index (χ4v) is 2.15. The van der Waals surface area contributed by atoms with E-state index in [1.165, 1.54) is 11.1 Å². The molecule has 110 valence electrons. The first-order chi connectivity index (χ1) is 9.65. The maximum Gasteiger partial charge on any atom is 0.122 e. The van der Waals surface area contributed by atoms with Crippen molar-refractivity contribution in [2.45, 2.75) is 33.5 Å². The Balaban J connectivity index is 1.84. The van der Waals surface area contributed by atoms with Gasteiger partial charge < -0.3 is 14.2 Å². The van der Waals surface area contributed by atoms with Crippen LogP contribution in [0.15, 0.2) is 39.8 Å². The summed E-state index contributed by atoms with van der Waals surface area (Å²) >= 11 is 0. The molecule has 2 aromatic heterocycles. The number of rotatable bonds is 8. The Bertz CT molecular complexity index is 488. The normalized spacial score (nSPS) is 11.7. The summed E-state index contributed by atoms with van der Waals surface area (Å²) in [5, 5.41) is 3.45. The molecule has 0 saturated heterocycles. The Morgan fingerprint density at radius 2 is 2.05 bits per heavy atom. The number of nitrogens with one attached hydrogen (secondary N) is 1. The molecule has 0 bridgehead atoms. The summed E-state index contributed by atoms with van der Waals surface area (Å²) in [6.07, 6.45) is 5.26. The first kappa shape index (κ1) is 14.9. The Morgan fingerprint density at radius 1 is 1.20 bits per heavy atom. The van der Waals surface area contributed by atoms with Crippen molar-refractivity contribution in [3.05, 3.63) is 47.8 Å². The van der Waals surface area contributed by atoms with E-state index in [1.54, 1.807) is 18.8 Å². The van der Waals surface area contributed by atoms with Crippen LogP contribution in [0.1, 0.15) is 30.7 Å². The highest BCUT2D eigenvalue weighted by molar-refractivity contribution is 5.17. The average molecular weight is 276 g/mol. The van der Waals surface area contributed by atoms with Gasteiger partial charge in [0.15, 0.2) is 0 Å². The monoisotopic (exact) mass is 276 g/mol. The van der Waals surface area contributed by atoms with Crippen LogP contribution >= 0.6 is 0 Å². The average Bonchev–Trinajstić information content (AvgIpc) is 3.01. The van der Waals surface area contributed by atoms with Gasteiger partial charge in [-0.2, -0.15) is 0 Å². The number of hydrogen-bond donors (Lipinski definition) is 1. The van der Waals surface area contributed by atoms with Crippen LogP contribution in [0.5, 0.6) is 0 Å². The summed E-state index contributed by atoms with van der Waals surface area (Å²) in [6.45, 7) is 7.97. The molecule has 0 spiro atoms. The van der Waals surface area contributed by atoms with Gasteiger partial charge in [0, 0.05) is 24.2 Å². The van der Waals surface area contributed by atoms with E-state index in [1.807, 2.05) is 12.1 Å². The highest BCUT2D eigenvalue weighted by Gasteiger charge is 2.10. The Hall–Kier alpha value is -1.52. The van der Waals surface area contributed by atoms with Crippen LogP contribution in [0.2, 0.25) is 0 Å². The first-order valence-electron chi connectivity index (χ1n) is 7.10. The molecule has 0 atom stereocenters. The molecule has 4 heteroatoms. The molecule has 4 nitrogen and oxygen atoms in total. The summed E-state index contributed by atoms with van der Waals surface area (Å²) in [6, 6.07) is 4.04. The van der Waals surface area contributed by atoms with Crippen molar-refractivity contribution in [3.63, 3.8) is 0 Å². The lowest BCUT2D eigenvalue weighted by Crippen LogP contribution is -2.21. The van der Waals surface area contributed by atoms with E-state index in [4.69, 9.17) is 8.83 Å². The van der Waals surface area contributed by atoms with Gasteiger partial charge in [0.2, 0.25) is 0 Å². The Morgan fingerprint density at radius 3 is 2.75 bits per heavy atom. The van der Waals surface area contributed by atoms with Crippen LogP contribution in [0.25, 0.3) is 0 Å². The largest absolute Gasteiger partial charge is 0.472 e. The van der Waals surface area contributed by atoms with Gasteiger partial charge >= 0.3 is 0 Å². The van der Waals surface area contributed by atoms with Gasteiger partial charge in [-0.1, -0.05) is 13.8 Å². The van der Waals surface area contributed by atoms with E-state index in [2.05, 4.69) is 31.1 Å². The van der Waals surface area contributed by atoms with Gasteiger partial charge in [-0.05, 0) is 31.6 Å². The van der Waals surface area contributed by atoms with Crippen molar-refractivity contribution < 1.29 is 8.83 Å². The molecule has 0 amide bonds. The Kier molecular flexibility index (Phi) is 5.44. The Labute approximate surface area is 120 Å². The molecule has 20 heavy (non-hydrogen) atoms. The van der Waals surface area contributed by atoms with E-state index in [0.717, 1.165) is 31.9 Å². The standard InChI is InChI=1S/C16H24N2O2/c1-13(2)8-17-9-15-5-7-20-16(15)11-18(3)10-14-4-6-19-12-14/h4-7,12-13,17H,8-11H2,1-3H3. The van der Waals surface area contributed by atoms with Crippen LogP contribution < -0.4 is 5.32 Å². The van der Waals surface area contributed by atoms with E-state index in [0.29, 0.717) is 5.92 Å². The summed E-state index contributed by atoms with van der Waals surface area (Å²) in [4.78, 5) is 2.22. The van der Waals surface area contributed by atoms with E-state index >= 15 is 0 Å². The SMILES string of the molecule is CC(C)CNCc1ccoc1CN(C)Cc1ccoc1. The molecule has 0 fully saturated rings. The highest BCUT2D eigenvalue weighted by atomic mass is 16.3.